The molecule has 0 bridgehead atoms. The zero-order valence-corrected chi connectivity index (χ0v) is 13.9. The quantitative estimate of drug-likeness (QED) is 0.882. The smallest absolute Gasteiger partial charge is 0.306 e. The Bertz CT molecular complexity index is 570. The number of nitrogens with zero attached hydrogens (tertiary/aromatic N) is 2. The van der Waals surface area contributed by atoms with E-state index in [0.29, 0.717) is 19.4 Å². The van der Waals surface area contributed by atoms with Gasteiger partial charge in [0.15, 0.2) is 0 Å². The van der Waals surface area contributed by atoms with Gasteiger partial charge in [0.2, 0.25) is 5.91 Å². The average molecular weight is 331 g/mol. The highest BCUT2D eigenvalue weighted by molar-refractivity contribution is 5.80. The number of anilines is 1. The van der Waals surface area contributed by atoms with Gasteiger partial charge in [0.25, 0.3) is 0 Å². The van der Waals surface area contributed by atoms with E-state index in [0.717, 1.165) is 38.0 Å². The zero-order chi connectivity index (χ0) is 16.9. The zero-order valence-electron chi connectivity index (χ0n) is 13.9. The van der Waals surface area contributed by atoms with Crippen molar-refractivity contribution < 1.29 is 14.7 Å². The topological polar surface area (TPSA) is 82.5 Å². The molecule has 1 unspecified atom stereocenters. The van der Waals surface area contributed by atoms with E-state index in [1.54, 1.807) is 6.20 Å². The number of carbonyl (C=O) groups excluding carboxylic acids is 1. The summed E-state index contributed by atoms with van der Waals surface area (Å²) < 4.78 is 0. The number of pyridine rings is 1. The van der Waals surface area contributed by atoms with Crippen molar-refractivity contribution >= 4 is 17.7 Å². The summed E-state index contributed by atoms with van der Waals surface area (Å²) in [5, 5.41) is 12.2. The number of hydrogen-bond donors (Lipinski definition) is 2. The van der Waals surface area contributed by atoms with Gasteiger partial charge in [-0.2, -0.15) is 0 Å². The molecular weight excluding hydrogens is 306 g/mol. The maximum absolute atomic E-state index is 12.6. The van der Waals surface area contributed by atoms with E-state index >= 15 is 0 Å². The maximum Gasteiger partial charge on any atom is 0.306 e. The van der Waals surface area contributed by atoms with Crippen LogP contribution in [0, 0.1) is 11.8 Å². The Kier molecular flexibility index (Phi) is 5.33. The molecule has 0 aromatic carbocycles. The van der Waals surface area contributed by atoms with Gasteiger partial charge in [-0.1, -0.05) is 6.07 Å². The molecule has 2 heterocycles. The summed E-state index contributed by atoms with van der Waals surface area (Å²) in [5.41, 5.74) is 0. The second-order valence-corrected chi connectivity index (χ2v) is 6.87. The number of rotatable bonds is 4. The van der Waals surface area contributed by atoms with E-state index in [1.165, 1.54) is 0 Å². The molecule has 1 aromatic heterocycles. The van der Waals surface area contributed by atoms with Crippen molar-refractivity contribution in [3.05, 3.63) is 24.4 Å². The number of carboxylic acids is 1. The second-order valence-electron chi connectivity index (χ2n) is 6.87. The minimum Gasteiger partial charge on any atom is -0.481 e. The van der Waals surface area contributed by atoms with E-state index < -0.39 is 5.97 Å². The summed E-state index contributed by atoms with van der Waals surface area (Å²) in [5.74, 6) is 0.0647. The van der Waals surface area contributed by atoms with E-state index in [-0.39, 0.29) is 23.8 Å². The normalized spacial score (nSPS) is 27.5. The lowest BCUT2D eigenvalue weighted by atomic mass is 9.85. The van der Waals surface area contributed by atoms with Gasteiger partial charge >= 0.3 is 5.97 Å². The van der Waals surface area contributed by atoms with Crippen molar-refractivity contribution in [1.29, 1.82) is 0 Å². The van der Waals surface area contributed by atoms with Crippen LogP contribution in [0.2, 0.25) is 0 Å². The molecule has 0 spiro atoms. The van der Waals surface area contributed by atoms with Crippen LogP contribution < -0.4 is 10.2 Å². The van der Waals surface area contributed by atoms with Crippen molar-refractivity contribution in [3.8, 4) is 0 Å². The summed E-state index contributed by atoms with van der Waals surface area (Å²) in [6, 6.07) is 5.96. The number of carboxylic acid groups (broad SMARTS) is 1. The van der Waals surface area contributed by atoms with E-state index in [2.05, 4.69) is 15.2 Å². The number of aliphatic carboxylic acids is 1. The van der Waals surface area contributed by atoms with E-state index in [9.17, 15) is 9.59 Å². The van der Waals surface area contributed by atoms with Gasteiger partial charge in [-0.3, -0.25) is 9.59 Å². The minimum absolute atomic E-state index is 0.0158. The SMILES string of the molecule is O=C(O)C1CCC(NC(=O)C2CCCN(c3ccccn3)C2)CC1. The molecule has 6 heteroatoms. The fourth-order valence-electron chi connectivity index (χ4n) is 3.74. The Morgan fingerprint density at radius 1 is 1.12 bits per heavy atom. The Morgan fingerprint density at radius 2 is 1.92 bits per heavy atom. The van der Waals surface area contributed by atoms with Gasteiger partial charge in [0, 0.05) is 25.3 Å². The highest BCUT2D eigenvalue weighted by Crippen LogP contribution is 2.26. The molecule has 1 saturated carbocycles. The summed E-state index contributed by atoms with van der Waals surface area (Å²) >= 11 is 0. The Hall–Kier alpha value is -2.11. The highest BCUT2D eigenvalue weighted by Gasteiger charge is 2.30. The number of carbonyl (C=O) groups is 2. The third kappa shape index (κ3) is 4.04. The van der Waals surface area contributed by atoms with Crippen LogP contribution in [0.5, 0.6) is 0 Å². The summed E-state index contributed by atoms with van der Waals surface area (Å²) in [4.78, 5) is 30.1. The van der Waals surface area contributed by atoms with Gasteiger partial charge in [0.1, 0.15) is 5.82 Å². The maximum atomic E-state index is 12.6. The van der Waals surface area contributed by atoms with Crippen LogP contribution in [-0.2, 0) is 9.59 Å². The van der Waals surface area contributed by atoms with Crippen LogP contribution in [0.1, 0.15) is 38.5 Å². The van der Waals surface area contributed by atoms with E-state index in [4.69, 9.17) is 5.11 Å². The molecule has 130 valence electrons. The molecule has 1 aromatic rings. The lowest BCUT2D eigenvalue weighted by molar-refractivity contribution is -0.142. The van der Waals surface area contributed by atoms with Gasteiger partial charge in [0.05, 0.1) is 11.8 Å². The predicted octanol–water partition coefficient (Wildman–Crippen LogP) is 2.06. The van der Waals surface area contributed by atoms with Gasteiger partial charge in [-0.15, -0.1) is 0 Å². The molecule has 0 radical (unpaired) electrons. The van der Waals surface area contributed by atoms with E-state index in [1.807, 2.05) is 18.2 Å². The van der Waals surface area contributed by atoms with Crippen LogP contribution in [0.25, 0.3) is 0 Å². The van der Waals surface area contributed by atoms with Crippen molar-refractivity contribution in [3.63, 3.8) is 0 Å². The Labute approximate surface area is 142 Å². The number of nitrogens with one attached hydrogen (secondary N) is 1. The molecule has 24 heavy (non-hydrogen) atoms. The molecule has 3 rings (SSSR count). The summed E-state index contributed by atoms with van der Waals surface area (Å²) in [7, 11) is 0. The molecule has 1 aliphatic heterocycles. The first-order valence-electron chi connectivity index (χ1n) is 8.82. The second kappa shape index (κ2) is 7.64. The third-order valence-corrected chi connectivity index (χ3v) is 5.19. The first-order chi connectivity index (χ1) is 11.6. The van der Waals surface area contributed by atoms with Crippen LogP contribution in [0.15, 0.2) is 24.4 Å². The fourth-order valence-corrected chi connectivity index (χ4v) is 3.74. The molecule has 6 nitrogen and oxygen atoms in total. The monoisotopic (exact) mass is 331 g/mol. The molecule has 1 atom stereocenters. The van der Waals surface area contributed by atoms with Crippen molar-refractivity contribution in [2.24, 2.45) is 11.8 Å². The van der Waals surface area contributed by atoms with Crippen LogP contribution in [0.3, 0.4) is 0 Å². The number of aromatic nitrogens is 1. The summed E-state index contributed by atoms with van der Waals surface area (Å²) in [6.07, 6.45) is 6.51. The van der Waals surface area contributed by atoms with Crippen molar-refractivity contribution in [1.82, 2.24) is 10.3 Å². The molecule has 1 amide bonds. The molecule has 1 saturated heterocycles. The fraction of sp³-hybridized carbons (Fsp3) is 0.611. The Balaban J connectivity index is 1.51. The van der Waals surface area contributed by atoms with Gasteiger partial charge in [-0.25, -0.2) is 4.98 Å². The molecule has 2 aliphatic rings. The van der Waals surface area contributed by atoms with Crippen molar-refractivity contribution in [2.45, 2.75) is 44.6 Å². The van der Waals surface area contributed by atoms with Gasteiger partial charge in [-0.05, 0) is 50.7 Å². The summed E-state index contributed by atoms with van der Waals surface area (Å²) in [6.45, 7) is 1.64. The van der Waals surface area contributed by atoms with Crippen LogP contribution in [0.4, 0.5) is 5.82 Å². The average Bonchev–Trinajstić information content (AvgIpc) is 2.63. The predicted molar refractivity (Wildman–Crippen MR) is 90.7 cm³/mol. The van der Waals surface area contributed by atoms with Crippen LogP contribution >= 0.6 is 0 Å². The lowest BCUT2D eigenvalue weighted by Crippen LogP contribution is -2.47. The molecule has 1 aliphatic carbocycles. The highest BCUT2D eigenvalue weighted by atomic mass is 16.4. The molecular formula is C18H25N3O3. The third-order valence-electron chi connectivity index (χ3n) is 5.19. The number of hydrogen-bond acceptors (Lipinski definition) is 4. The van der Waals surface area contributed by atoms with Crippen LogP contribution in [-0.4, -0.2) is 41.1 Å². The largest absolute Gasteiger partial charge is 0.481 e. The molecule has 2 fully saturated rings. The Morgan fingerprint density at radius 3 is 2.58 bits per heavy atom. The first-order valence-corrected chi connectivity index (χ1v) is 8.82. The lowest BCUT2D eigenvalue weighted by Gasteiger charge is -2.34. The van der Waals surface area contributed by atoms with Gasteiger partial charge < -0.3 is 15.3 Å². The molecule has 2 N–H and O–H groups in total. The first kappa shape index (κ1) is 16.7. The number of amides is 1. The minimum atomic E-state index is -0.710. The standard InChI is InChI=1S/C18H25N3O3/c22-17(20-15-8-6-13(7-9-15)18(23)24)14-4-3-11-21(12-14)16-5-1-2-10-19-16/h1-2,5,10,13-15H,3-4,6-9,11-12H2,(H,20,22)(H,23,24). The van der Waals surface area contributed by atoms with Crippen molar-refractivity contribution in [2.75, 3.05) is 18.0 Å². The number of piperidine rings is 1.